The Morgan fingerprint density at radius 2 is 1.90 bits per heavy atom. The van der Waals surface area contributed by atoms with E-state index < -0.39 is 18.5 Å². The molecule has 9 nitrogen and oxygen atoms in total. The largest absolute Gasteiger partial charge is 0.451 e. The average Bonchev–Trinajstić information content (AvgIpc) is 3.14. The first-order valence-electron chi connectivity index (χ1n) is 8.67. The second-order valence-corrected chi connectivity index (χ2v) is 6.90. The fourth-order valence-electron chi connectivity index (χ4n) is 2.39. The van der Waals surface area contributed by atoms with Crippen LogP contribution >= 0.6 is 23.2 Å². The molecule has 0 saturated carbocycles. The Kier molecular flexibility index (Phi) is 6.76. The summed E-state index contributed by atoms with van der Waals surface area (Å²) in [5, 5.41) is 14.1. The third-order valence-electron chi connectivity index (χ3n) is 3.86. The second kappa shape index (κ2) is 9.47. The minimum absolute atomic E-state index is 0.0509. The molecule has 0 fully saturated rings. The number of rotatable bonds is 6. The van der Waals surface area contributed by atoms with Crippen molar-refractivity contribution < 1.29 is 14.3 Å². The number of halogens is 2. The molecule has 0 atom stereocenters. The van der Waals surface area contributed by atoms with Crippen LogP contribution in [0.2, 0.25) is 10.0 Å². The highest BCUT2D eigenvalue weighted by Gasteiger charge is 2.19. The van der Waals surface area contributed by atoms with Crippen LogP contribution in [-0.2, 0) is 14.3 Å². The maximum Gasteiger partial charge on any atom is 0.357 e. The molecule has 2 aromatic heterocycles. The van der Waals surface area contributed by atoms with Gasteiger partial charge in [0.15, 0.2) is 23.9 Å². The van der Waals surface area contributed by atoms with Crippen LogP contribution in [-0.4, -0.2) is 43.7 Å². The summed E-state index contributed by atoms with van der Waals surface area (Å²) in [6.45, 7) is 2.74. The molecule has 1 N–H and O–H groups in total. The highest BCUT2D eigenvalue weighted by Crippen LogP contribution is 2.25. The molecule has 3 rings (SSSR count). The van der Waals surface area contributed by atoms with Crippen LogP contribution in [0, 0.1) is 13.8 Å². The van der Waals surface area contributed by atoms with Gasteiger partial charge >= 0.3 is 5.97 Å². The van der Waals surface area contributed by atoms with Crippen LogP contribution in [0.1, 0.15) is 17.1 Å². The summed E-state index contributed by atoms with van der Waals surface area (Å²) in [6, 6.07) is 10.6. The Morgan fingerprint density at radius 1 is 1.17 bits per heavy atom. The Hall–Kier alpha value is -3.30. The smallest absolute Gasteiger partial charge is 0.357 e. The van der Waals surface area contributed by atoms with Gasteiger partial charge in [0.1, 0.15) is 0 Å². The minimum atomic E-state index is -0.782. The number of anilines is 1. The quantitative estimate of drug-likeness (QED) is 0.456. The number of benzene rings is 1. The standard InChI is InChI=1S/C19H16Cl2N6O3/c1-11-14(20)9-15(21)18(22-11)23-17(28)10-30-19(29)16(27-12(2)24-25-26-27)8-13-6-4-3-5-7-13/h3-9H,10H2,1-2H3,(H,22,23,28)/b16-8-. The van der Waals surface area contributed by atoms with E-state index in [-0.39, 0.29) is 16.5 Å². The van der Waals surface area contributed by atoms with E-state index in [9.17, 15) is 9.59 Å². The zero-order chi connectivity index (χ0) is 21.7. The Balaban J connectivity index is 1.73. The number of aromatic nitrogens is 5. The van der Waals surface area contributed by atoms with Crippen molar-refractivity contribution in [2.75, 3.05) is 11.9 Å². The SMILES string of the molecule is Cc1nc(NC(=O)COC(=O)/C(=C/c2ccccc2)n2nnnc2C)c(Cl)cc1Cl. The van der Waals surface area contributed by atoms with Gasteiger partial charge in [0.2, 0.25) is 0 Å². The van der Waals surface area contributed by atoms with Crippen molar-refractivity contribution in [3.8, 4) is 0 Å². The summed E-state index contributed by atoms with van der Waals surface area (Å²) in [7, 11) is 0. The number of pyridine rings is 1. The molecule has 2 heterocycles. The molecule has 0 radical (unpaired) electrons. The van der Waals surface area contributed by atoms with E-state index in [4.69, 9.17) is 27.9 Å². The monoisotopic (exact) mass is 446 g/mol. The van der Waals surface area contributed by atoms with Gasteiger partial charge in [-0.05, 0) is 42.0 Å². The fraction of sp³-hybridized carbons (Fsp3) is 0.158. The number of esters is 1. The molecule has 11 heteroatoms. The number of nitrogens with zero attached hydrogens (tertiary/aromatic N) is 5. The first kappa shape index (κ1) is 21.4. The van der Waals surface area contributed by atoms with Gasteiger partial charge in [0.25, 0.3) is 5.91 Å². The highest BCUT2D eigenvalue weighted by atomic mass is 35.5. The van der Waals surface area contributed by atoms with E-state index in [0.717, 1.165) is 5.56 Å². The van der Waals surface area contributed by atoms with Gasteiger partial charge in [0, 0.05) is 0 Å². The molecular weight excluding hydrogens is 431 g/mol. The predicted molar refractivity (Wildman–Crippen MR) is 112 cm³/mol. The maximum atomic E-state index is 12.7. The zero-order valence-corrected chi connectivity index (χ0v) is 17.5. The molecule has 0 spiro atoms. The van der Waals surface area contributed by atoms with Gasteiger partial charge in [-0.1, -0.05) is 53.5 Å². The van der Waals surface area contributed by atoms with Crippen LogP contribution in [0.3, 0.4) is 0 Å². The third kappa shape index (κ3) is 5.19. The van der Waals surface area contributed by atoms with Crippen molar-refractivity contribution in [1.82, 2.24) is 25.2 Å². The lowest BCUT2D eigenvalue weighted by Crippen LogP contribution is -2.23. The molecule has 1 amide bonds. The van der Waals surface area contributed by atoms with Crippen LogP contribution in [0.25, 0.3) is 11.8 Å². The van der Waals surface area contributed by atoms with Crippen LogP contribution in [0.5, 0.6) is 0 Å². The van der Waals surface area contributed by atoms with E-state index in [2.05, 4.69) is 25.8 Å². The number of hydrogen-bond donors (Lipinski definition) is 1. The van der Waals surface area contributed by atoms with Gasteiger partial charge < -0.3 is 10.1 Å². The molecular formula is C19H16Cl2N6O3. The van der Waals surface area contributed by atoms with Gasteiger partial charge in [-0.3, -0.25) is 4.79 Å². The number of carbonyl (C=O) groups excluding carboxylic acids is 2. The number of nitrogens with one attached hydrogen (secondary N) is 1. The highest BCUT2D eigenvalue weighted by molar-refractivity contribution is 6.36. The lowest BCUT2D eigenvalue weighted by Gasteiger charge is -2.10. The number of hydrogen-bond acceptors (Lipinski definition) is 7. The van der Waals surface area contributed by atoms with Crippen molar-refractivity contribution >= 4 is 52.7 Å². The molecule has 30 heavy (non-hydrogen) atoms. The average molecular weight is 447 g/mol. The van der Waals surface area contributed by atoms with Gasteiger partial charge in [-0.2, -0.15) is 4.68 Å². The zero-order valence-electron chi connectivity index (χ0n) is 16.0. The van der Waals surface area contributed by atoms with Gasteiger partial charge in [-0.25, -0.2) is 9.78 Å². The van der Waals surface area contributed by atoms with Gasteiger partial charge in [-0.15, -0.1) is 5.10 Å². The molecule has 1 aromatic carbocycles. The lowest BCUT2D eigenvalue weighted by molar-refractivity contribution is -0.141. The Bertz CT molecular complexity index is 1110. The molecule has 0 bridgehead atoms. The molecule has 0 aliphatic heterocycles. The Labute approximate surface area is 181 Å². The van der Waals surface area contributed by atoms with Gasteiger partial charge in [0.05, 0.1) is 15.7 Å². The van der Waals surface area contributed by atoms with E-state index in [1.807, 2.05) is 18.2 Å². The molecule has 0 aliphatic carbocycles. The minimum Gasteiger partial charge on any atom is -0.451 e. The van der Waals surface area contributed by atoms with E-state index in [0.29, 0.717) is 16.5 Å². The summed E-state index contributed by atoms with van der Waals surface area (Å²) < 4.78 is 6.38. The number of amides is 1. The van der Waals surface area contributed by atoms with Crippen molar-refractivity contribution in [2.24, 2.45) is 0 Å². The van der Waals surface area contributed by atoms with Crippen LogP contribution in [0.15, 0.2) is 36.4 Å². The third-order valence-corrected chi connectivity index (χ3v) is 4.53. The number of tetrazole rings is 1. The van der Waals surface area contributed by atoms with Crippen molar-refractivity contribution in [1.29, 1.82) is 0 Å². The molecule has 0 aliphatic rings. The van der Waals surface area contributed by atoms with E-state index >= 15 is 0 Å². The summed E-state index contributed by atoms with van der Waals surface area (Å²) in [4.78, 5) is 29.0. The summed E-state index contributed by atoms with van der Waals surface area (Å²) >= 11 is 12.0. The first-order chi connectivity index (χ1) is 14.3. The summed E-state index contributed by atoms with van der Waals surface area (Å²) in [5.41, 5.74) is 1.28. The lowest BCUT2D eigenvalue weighted by atomic mass is 10.2. The van der Waals surface area contributed by atoms with Crippen molar-refractivity contribution in [3.05, 3.63) is 63.5 Å². The molecule has 0 saturated heterocycles. The van der Waals surface area contributed by atoms with Crippen LogP contribution in [0.4, 0.5) is 5.82 Å². The number of aryl methyl sites for hydroxylation is 2. The number of carbonyl (C=O) groups is 2. The molecule has 0 unspecified atom stereocenters. The topological polar surface area (TPSA) is 112 Å². The second-order valence-electron chi connectivity index (χ2n) is 6.09. The fourth-order valence-corrected chi connectivity index (χ4v) is 2.79. The van der Waals surface area contributed by atoms with Crippen LogP contribution < -0.4 is 5.32 Å². The number of ether oxygens (including phenoxy) is 1. The van der Waals surface area contributed by atoms with Crippen molar-refractivity contribution in [2.45, 2.75) is 13.8 Å². The molecule has 3 aromatic rings. The first-order valence-corrected chi connectivity index (χ1v) is 9.42. The predicted octanol–water partition coefficient (Wildman–Crippen LogP) is 3.17. The van der Waals surface area contributed by atoms with E-state index in [1.54, 1.807) is 32.1 Å². The Morgan fingerprint density at radius 3 is 2.57 bits per heavy atom. The van der Waals surface area contributed by atoms with Crippen molar-refractivity contribution in [3.63, 3.8) is 0 Å². The normalized spacial score (nSPS) is 11.3. The molecule has 154 valence electrons. The summed E-state index contributed by atoms with van der Waals surface area (Å²) in [5.74, 6) is -0.898. The van der Waals surface area contributed by atoms with E-state index in [1.165, 1.54) is 10.7 Å². The maximum absolute atomic E-state index is 12.7. The summed E-state index contributed by atoms with van der Waals surface area (Å²) in [6.07, 6.45) is 1.56.